The number of benzene rings is 2. The van der Waals surface area contributed by atoms with Crippen molar-refractivity contribution in [3.05, 3.63) is 59.2 Å². The molecule has 0 radical (unpaired) electrons. The van der Waals surface area contributed by atoms with Crippen LogP contribution in [0.3, 0.4) is 0 Å². The molecule has 2 amide bonds. The van der Waals surface area contributed by atoms with E-state index in [-0.39, 0.29) is 11.8 Å². The Morgan fingerprint density at radius 3 is 2.91 bits per heavy atom. The predicted octanol–water partition coefficient (Wildman–Crippen LogP) is 2.65. The number of carbonyl (C=O) groups excluding carboxylic acids is 2. The zero-order chi connectivity index (χ0) is 16.2. The number of anilines is 1. The lowest BCUT2D eigenvalue weighted by Gasteiger charge is -2.11. The number of amides is 2. The highest BCUT2D eigenvalue weighted by molar-refractivity contribution is 5.95. The van der Waals surface area contributed by atoms with Crippen LogP contribution in [-0.2, 0) is 11.3 Å². The number of hydrogen-bond acceptors (Lipinski definition) is 3. The van der Waals surface area contributed by atoms with Crippen LogP contribution in [0.4, 0.5) is 5.69 Å². The van der Waals surface area contributed by atoms with Gasteiger partial charge in [-0.2, -0.15) is 0 Å². The number of rotatable bonds is 3. The van der Waals surface area contributed by atoms with Crippen molar-refractivity contribution in [3.63, 3.8) is 0 Å². The Kier molecular flexibility index (Phi) is 4.28. The molecule has 3 rings (SSSR count). The summed E-state index contributed by atoms with van der Waals surface area (Å²) in [5.41, 5.74) is 3.15. The van der Waals surface area contributed by atoms with Crippen LogP contribution in [0.1, 0.15) is 27.9 Å². The van der Waals surface area contributed by atoms with Gasteiger partial charge >= 0.3 is 0 Å². The number of carbonyl (C=O) groups is 2. The Morgan fingerprint density at radius 2 is 2.09 bits per heavy atom. The van der Waals surface area contributed by atoms with Crippen molar-refractivity contribution in [2.75, 3.05) is 11.9 Å². The van der Waals surface area contributed by atoms with Gasteiger partial charge in [-0.3, -0.25) is 9.59 Å². The summed E-state index contributed by atoms with van der Waals surface area (Å²) in [6.07, 6.45) is 0.341. The molecule has 0 bridgehead atoms. The Bertz CT molecular complexity index is 756. The van der Waals surface area contributed by atoms with Gasteiger partial charge < -0.3 is 15.4 Å². The lowest BCUT2D eigenvalue weighted by atomic mass is 10.1. The Labute approximate surface area is 134 Å². The molecule has 5 nitrogen and oxygen atoms in total. The van der Waals surface area contributed by atoms with Crippen LogP contribution >= 0.6 is 0 Å². The Balaban J connectivity index is 1.70. The van der Waals surface area contributed by atoms with Crippen LogP contribution < -0.4 is 15.4 Å². The molecule has 0 saturated heterocycles. The van der Waals surface area contributed by atoms with E-state index in [4.69, 9.17) is 4.74 Å². The second-order valence-corrected chi connectivity index (χ2v) is 5.47. The van der Waals surface area contributed by atoms with Gasteiger partial charge in [0.2, 0.25) is 5.91 Å². The molecule has 1 heterocycles. The van der Waals surface area contributed by atoms with Crippen LogP contribution in [-0.4, -0.2) is 18.4 Å². The zero-order valence-electron chi connectivity index (χ0n) is 12.9. The molecule has 2 aromatic carbocycles. The van der Waals surface area contributed by atoms with Gasteiger partial charge in [0, 0.05) is 12.1 Å². The average Bonchev–Trinajstić information content (AvgIpc) is 2.73. The van der Waals surface area contributed by atoms with E-state index in [0.29, 0.717) is 36.6 Å². The maximum absolute atomic E-state index is 12.2. The molecule has 2 aromatic rings. The predicted molar refractivity (Wildman–Crippen MR) is 87.5 cm³/mol. The quantitative estimate of drug-likeness (QED) is 0.916. The van der Waals surface area contributed by atoms with E-state index in [1.54, 1.807) is 6.07 Å². The Morgan fingerprint density at radius 1 is 1.26 bits per heavy atom. The zero-order valence-corrected chi connectivity index (χ0v) is 12.9. The van der Waals surface area contributed by atoms with Gasteiger partial charge in [0.1, 0.15) is 5.75 Å². The lowest BCUT2D eigenvalue weighted by Crippen LogP contribution is -2.23. The third-order valence-corrected chi connectivity index (χ3v) is 3.75. The lowest BCUT2D eigenvalue weighted by molar-refractivity contribution is -0.116. The van der Waals surface area contributed by atoms with Crippen LogP contribution in [0.2, 0.25) is 0 Å². The molecular weight excluding hydrogens is 292 g/mol. The smallest absolute Gasteiger partial charge is 0.251 e. The van der Waals surface area contributed by atoms with Gasteiger partial charge in [-0.25, -0.2) is 0 Å². The molecule has 0 aliphatic carbocycles. The van der Waals surface area contributed by atoms with Crippen LogP contribution in [0.15, 0.2) is 42.5 Å². The topological polar surface area (TPSA) is 67.4 Å². The van der Waals surface area contributed by atoms with Crippen molar-refractivity contribution in [2.24, 2.45) is 0 Å². The first-order valence-corrected chi connectivity index (χ1v) is 7.53. The molecule has 0 saturated carbocycles. The van der Waals surface area contributed by atoms with E-state index in [2.05, 4.69) is 10.6 Å². The highest BCUT2D eigenvalue weighted by atomic mass is 16.5. The van der Waals surface area contributed by atoms with Gasteiger partial charge in [0.05, 0.1) is 18.7 Å². The van der Waals surface area contributed by atoms with Crippen molar-refractivity contribution in [2.45, 2.75) is 19.9 Å². The summed E-state index contributed by atoms with van der Waals surface area (Å²) in [6.45, 7) is 2.67. The second-order valence-electron chi connectivity index (χ2n) is 5.47. The fourth-order valence-corrected chi connectivity index (χ4v) is 2.48. The average molecular weight is 310 g/mol. The molecule has 118 valence electrons. The highest BCUT2D eigenvalue weighted by Crippen LogP contribution is 2.28. The van der Waals surface area contributed by atoms with E-state index in [9.17, 15) is 9.59 Å². The monoisotopic (exact) mass is 310 g/mol. The van der Waals surface area contributed by atoms with Gasteiger partial charge in [0.25, 0.3) is 5.91 Å². The summed E-state index contributed by atoms with van der Waals surface area (Å²) < 4.78 is 5.51. The van der Waals surface area contributed by atoms with E-state index >= 15 is 0 Å². The van der Waals surface area contributed by atoms with Crippen molar-refractivity contribution in [1.82, 2.24) is 5.32 Å². The van der Waals surface area contributed by atoms with Crippen LogP contribution in [0.5, 0.6) is 5.75 Å². The minimum absolute atomic E-state index is 0.0650. The molecule has 0 spiro atoms. The molecule has 2 N–H and O–H groups in total. The van der Waals surface area contributed by atoms with Crippen LogP contribution in [0.25, 0.3) is 0 Å². The summed E-state index contributed by atoms with van der Waals surface area (Å²) in [5, 5.41) is 5.71. The van der Waals surface area contributed by atoms with Crippen molar-refractivity contribution >= 4 is 17.5 Å². The first-order valence-electron chi connectivity index (χ1n) is 7.53. The molecule has 1 aliphatic rings. The third-order valence-electron chi connectivity index (χ3n) is 3.75. The maximum Gasteiger partial charge on any atom is 0.251 e. The van der Waals surface area contributed by atoms with Gasteiger partial charge in [-0.1, -0.05) is 24.3 Å². The molecule has 0 fully saturated rings. The van der Waals surface area contributed by atoms with Gasteiger partial charge in [-0.05, 0) is 36.2 Å². The molecule has 0 aromatic heterocycles. The number of hydrogen-bond donors (Lipinski definition) is 2. The first kappa shape index (κ1) is 15.1. The van der Waals surface area contributed by atoms with Gasteiger partial charge in [0.15, 0.2) is 0 Å². The van der Waals surface area contributed by atoms with E-state index in [1.165, 1.54) is 0 Å². The summed E-state index contributed by atoms with van der Waals surface area (Å²) in [4.78, 5) is 23.8. The minimum Gasteiger partial charge on any atom is -0.491 e. The Hall–Kier alpha value is -2.82. The van der Waals surface area contributed by atoms with E-state index < -0.39 is 0 Å². The summed E-state index contributed by atoms with van der Waals surface area (Å²) >= 11 is 0. The fraction of sp³-hybridized carbons (Fsp3) is 0.222. The number of ether oxygens (including phenoxy) is 1. The largest absolute Gasteiger partial charge is 0.491 e. The van der Waals surface area contributed by atoms with Crippen molar-refractivity contribution < 1.29 is 14.3 Å². The van der Waals surface area contributed by atoms with Crippen LogP contribution in [0, 0.1) is 6.92 Å². The minimum atomic E-state index is -0.113. The summed E-state index contributed by atoms with van der Waals surface area (Å²) in [6, 6.07) is 13.0. The molecule has 23 heavy (non-hydrogen) atoms. The molecule has 5 heteroatoms. The number of aryl methyl sites for hydroxylation is 1. The highest BCUT2D eigenvalue weighted by Gasteiger charge is 2.14. The van der Waals surface area contributed by atoms with E-state index in [0.717, 1.165) is 11.1 Å². The summed E-state index contributed by atoms with van der Waals surface area (Å²) in [7, 11) is 0. The molecular formula is C18H18N2O3. The number of nitrogens with one attached hydrogen (secondary N) is 2. The second kappa shape index (κ2) is 6.52. The van der Waals surface area contributed by atoms with Crippen molar-refractivity contribution in [3.8, 4) is 5.75 Å². The third kappa shape index (κ3) is 3.51. The first-order chi connectivity index (χ1) is 11.1. The maximum atomic E-state index is 12.2. The molecule has 0 unspecified atom stereocenters. The van der Waals surface area contributed by atoms with Crippen molar-refractivity contribution in [1.29, 1.82) is 0 Å². The number of fused-ring (bicyclic) bond motifs is 1. The van der Waals surface area contributed by atoms with Gasteiger partial charge in [-0.15, -0.1) is 0 Å². The molecule has 1 aliphatic heterocycles. The standard InChI is InChI=1S/C18H18N2O3/c1-12-4-2-3-5-14(12)18(22)19-11-13-6-7-16-15(10-13)20-17(21)8-9-23-16/h2-7,10H,8-9,11H2,1H3,(H,19,22)(H,20,21). The fourth-order valence-electron chi connectivity index (χ4n) is 2.48. The van der Waals surface area contributed by atoms with E-state index in [1.807, 2.05) is 43.3 Å². The molecule has 0 atom stereocenters. The SMILES string of the molecule is Cc1ccccc1C(=O)NCc1ccc2c(c1)NC(=O)CCO2. The normalized spacial score (nSPS) is 13.3. The summed E-state index contributed by atoms with van der Waals surface area (Å²) in [5.74, 6) is 0.480.